The summed E-state index contributed by atoms with van der Waals surface area (Å²) < 4.78 is 5.17. The largest absolute Gasteiger partial charge is 0.497 e. The van der Waals surface area contributed by atoms with Crippen molar-refractivity contribution in [3.63, 3.8) is 0 Å². The summed E-state index contributed by atoms with van der Waals surface area (Å²) in [6, 6.07) is 8.01. The van der Waals surface area contributed by atoms with E-state index in [1.165, 1.54) is 0 Å². The van der Waals surface area contributed by atoms with Gasteiger partial charge in [-0.2, -0.15) is 0 Å². The number of carbonyl (C=O) groups excluding carboxylic acids is 2. The molecule has 2 N–H and O–H groups in total. The molecule has 2 fully saturated rings. The van der Waals surface area contributed by atoms with E-state index in [2.05, 4.69) is 0 Å². The predicted octanol–water partition coefficient (Wildman–Crippen LogP) is 2.63. The Kier molecular flexibility index (Phi) is 9.24. The first-order valence-electron chi connectivity index (χ1n) is 10.5. The van der Waals surface area contributed by atoms with Crippen LogP contribution in [0.1, 0.15) is 44.1 Å². The molecule has 0 radical (unpaired) electrons. The fraction of sp³-hybridized carbons (Fsp3) is 0.636. The second kappa shape index (κ2) is 11.4. The number of halogens is 1. The molecule has 2 atom stereocenters. The average molecular weight is 424 g/mol. The van der Waals surface area contributed by atoms with Gasteiger partial charge in [0.05, 0.1) is 7.11 Å². The van der Waals surface area contributed by atoms with E-state index in [4.69, 9.17) is 10.5 Å². The lowest BCUT2D eigenvalue weighted by atomic mass is 9.85. The molecule has 3 rings (SSSR count). The van der Waals surface area contributed by atoms with Gasteiger partial charge in [-0.3, -0.25) is 9.59 Å². The first-order valence-corrected chi connectivity index (χ1v) is 10.5. The first kappa shape index (κ1) is 23.5. The molecule has 1 heterocycles. The third kappa shape index (κ3) is 6.61. The van der Waals surface area contributed by atoms with Gasteiger partial charge in [-0.15, -0.1) is 12.4 Å². The summed E-state index contributed by atoms with van der Waals surface area (Å²) in [4.78, 5) is 29.4. The number of nitrogens with two attached hydrogens (primary N) is 1. The standard InChI is InChI=1S/C22H33N3O3.ClH/c1-28-20-9-6-17(7-10-20)8-11-21(26)24-12-3-13-25(15-14-24)22(27)18-4-2-5-19(23)16-18;/h6-7,9-10,18-19H,2-5,8,11-16,23H2,1H3;1H. The molecule has 1 aromatic rings. The van der Waals surface area contributed by atoms with Crippen molar-refractivity contribution in [1.29, 1.82) is 0 Å². The van der Waals surface area contributed by atoms with Crippen LogP contribution >= 0.6 is 12.4 Å². The molecule has 0 bridgehead atoms. The highest BCUT2D eigenvalue weighted by molar-refractivity contribution is 5.85. The molecule has 2 aliphatic rings. The summed E-state index contributed by atoms with van der Waals surface area (Å²) in [5.41, 5.74) is 7.19. The van der Waals surface area contributed by atoms with E-state index < -0.39 is 0 Å². The lowest BCUT2D eigenvalue weighted by molar-refractivity contribution is -0.137. The van der Waals surface area contributed by atoms with Gasteiger partial charge < -0.3 is 20.3 Å². The number of ether oxygens (including phenoxy) is 1. The fourth-order valence-electron chi connectivity index (χ4n) is 4.30. The zero-order chi connectivity index (χ0) is 19.9. The minimum absolute atomic E-state index is 0. The molecule has 2 amide bonds. The molecule has 0 aromatic heterocycles. The third-order valence-corrected chi connectivity index (χ3v) is 6.01. The number of carbonyl (C=O) groups is 2. The van der Waals surface area contributed by atoms with Crippen LogP contribution in [-0.4, -0.2) is 60.9 Å². The van der Waals surface area contributed by atoms with E-state index in [9.17, 15) is 9.59 Å². The Balaban J connectivity index is 0.00000300. The molecule has 1 aromatic carbocycles. The third-order valence-electron chi connectivity index (χ3n) is 6.01. The summed E-state index contributed by atoms with van der Waals surface area (Å²) in [6.07, 6.45) is 5.90. The molecule has 7 heteroatoms. The maximum Gasteiger partial charge on any atom is 0.225 e. The monoisotopic (exact) mass is 423 g/mol. The normalized spacial score (nSPS) is 22.4. The summed E-state index contributed by atoms with van der Waals surface area (Å²) >= 11 is 0. The minimum atomic E-state index is 0. The van der Waals surface area contributed by atoms with E-state index in [-0.39, 0.29) is 36.2 Å². The molecule has 0 spiro atoms. The Morgan fingerprint density at radius 1 is 1.03 bits per heavy atom. The topological polar surface area (TPSA) is 75.9 Å². The van der Waals surface area contributed by atoms with Crippen molar-refractivity contribution in [1.82, 2.24) is 9.80 Å². The number of nitrogens with zero attached hydrogens (tertiary/aromatic N) is 2. The van der Waals surface area contributed by atoms with Crippen LogP contribution in [0, 0.1) is 5.92 Å². The number of hydrogen-bond acceptors (Lipinski definition) is 4. The number of aryl methyl sites for hydroxylation is 1. The van der Waals surface area contributed by atoms with E-state index in [1.54, 1.807) is 7.11 Å². The van der Waals surface area contributed by atoms with E-state index in [0.717, 1.165) is 62.9 Å². The van der Waals surface area contributed by atoms with Crippen LogP contribution in [0.15, 0.2) is 24.3 Å². The van der Waals surface area contributed by atoms with Gasteiger partial charge in [0.15, 0.2) is 0 Å². The highest BCUT2D eigenvalue weighted by Crippen LogP contribution is 2.25. The average Bonchev–Trinajstić information content (AvgIpc) is 2.98. The second-order valence-corrected chi connectivity index (χ2v) is 8.03. The van der Waals surface area contributed by atoms with Crippen molar-refractivity contribution >= 4 is 24.2 Å². The Morgan fingerprint density at radius 2 is 1.72 bits per heavy atom. The molecule has 1 saturated carbocycles. The van der Waals surface area contributed by atoms with E-state index >= 15 is 0 Å². The number of hydrogen-bond donors (Lipinski definition) is 1. The van der Waals surface area contributed by atoms with E-state index in [0.29, 0.717) is 19.5 Å². The van der Waals surface area contributed by atoms with Crippen LogP contribution in [0.5, 0.6) is 5.75 Å². The molecule has 2 unspecified atom stereocenters. The van der Waals surface area contributed by atoms with Crippen LogP contribution in [0.2, 0.25) is 0 Å². The van der Waals surface area contributed by atoms with Crippen LogP contribution in [-0.2, 0) is 16.0 Å². The molecule has 1 aliphatic carbocycles. The lowest BCUT2D eigenvalue weighted by Crippen LogP contribution is -2.42. The summed E-state index contributed by atoms with van der Waals surface area (Å²) in [7, 11) is 1.65. The Labute approximate surface area is 180 Å². The number of benzene rings is 1. The van der Waals surface area contributed by atoms with Crippen molar-refractivity contribution in [2.24, 2.45) is 11.7 Å². The van der Waals surface area contributed by atoms with Crippen molar-refractivity contribution in [3.05, 3.63) is 29.8 Å². The maximum atomic E-state index is 12.8. The highest BCUT2D eigenvalue weighted by Gasteiger charge is 2.30. The first-order chi connectivity index (χ1) is 13.6. The Morgan fingerprint density at radius 3 is 2.41 bits per heavy atom. The smallest absolute Gasteiger partial charge is 0.225 e. The van der Waals surface area contributed by atoms with Crippen LogP contribution < -0.4 is 10.5 Å². The number of rotatable bonds is 5. The van der Waals surface area contributed by atoms with Gasteiger partial charge in [0.25, 0.3) is 0 Å². The summed E-state index contributed by atoms with van der Waals surface area (Å²) in [5, 5.41) is 0. The number of amides is 2. The Hall–Kier alpha value is -1.79. The van der Waals surface area contributed by atoms with Crippen molar-refractivity contribution in [2.45, 2.75) is 51.0 Å². The lowest BCUT2D eigenvalue weighted by Gasteiger charge is -2.30. The SMILES string of the molecule is COc1ccc(CCC(=O)N2CCCN(C(=O)C3CCCC(N)C3)CC2)cc1.Cl. The van der Waals surface area contributed by atoms with Crippen LogP contribution in [0.3, 0.4) is 0 Å². The Bertz CT molecular complexity index is 668. The molecular formula is C22H34ClN3O3. The molecule has 6 nitrogen and oxygen atoms in total. The summed E-state index contributed by atoms with van der Waals surface area (Å²) in [6.45, 7) is 2.74. The molecular weight excluding hydrogens is 390 g/mol. The van der Waals surface area contributed by atoms with Gasteiger partial charge in [-0.25, -0.2) is 0 Å². The molecule has 1 aliphatic heterocycles. The summed E-state index contributed by atoms with van der Waals surface area (Å²) in [5.74, 6) is 1.31. The van der Waals surface area contributed by atoms with Crippen molar-refractivity contribution in [2.75, 3.05) is 33.3 Å². The highest BCUT2D eigenvalue weighted by atomic mass is 35.5. The van der Waals surface area contributed by atoms with Gasteiger partial charge >= 0.3 is 0 Å². The maximum absolute atomic E-state index is 12.8. The number of methoxy groups -OCH3 is 1. The van der Waals surface area contributed by atoms with Crippen molar-refractivity contribution < 1.29 is 14.3 Å². The predicted molar refractivity (Wildman–Crippen MR) is 116 cm³/mol. The second-order valence-electron chi connectivity index (χ2n) is 8.03. The van der Waals surface area contributed by atoms with Crippen molar-refractivity contribution in [3.8, 4) is 5.75 Å². The van der Waals surface area contributed by atoms with Crippen LogP contribution in [0.25, 0.3) is 0 Å². The zero-order valence-electron chi connectivity index (χ0n) is 17.3. The van der Waals surface area contributed by atoms with E-state index in [1.807, 2.05) is 34.1 Å². The zero-order valence-corrected chi connectivity index (χ0v) is 18.2. The van der Waals surface area contributed by atoms with Gasteiger partial charge in [0.1, 0.15) is 5.75 Å². The van der Waals surface area contributed by atoms with Gasteiger partial charge in [0.2, 0.25) is 11.8 Å². The van der Waals surface area contributed by atoms with Gasteiger partial charge in [-0.1, -0.05) is 18.6 Å². The quantitative estimate of drug-likeness (QED) is 0.789. The fourth-order valence-corrected chi connectivity index (χ4v) is 4.30. The van der Waals surface area contributed by atoms with Gasteiger partial charge in [-0.05, 0) is 49.8 Å². The minimum Gasteiger partial charge on any atom is -0.497 e. The van der Waals surface area contributed by atoms with Gasteiger partial charge in [0, 0.05) is 44.6 Å². The molecule has 1 saturated heterocycles. The molecule has 162 valence electrons. The van der Waals surface area contributed by atoms with Crippen LogP contribution in [0.4, 0.5) is 0 Å². The molecule has 29 heavy (non-hydrogen) atoms.